The lowest BCUT2D eigenvalue weighted by atomic mass is 10.1. The average Bonchev–Trinajstić information content (AvgIpc) is 3.01. The van der Waals surface area contributed by atoms with Crippen LogP contribution < -0.4 is 5.73 Å². The number of phosphoric acid groups is 1. The smallest absolute Gasteiger partial charge is 0.457 e. The number of hydrogen-bond donors (Lipinski definition) is 2. The fraction of sp³-hybridized carbons (Fsp3) is 0.686. The normalized spacial score (nSPS) is 14.5. The first-order valence-corrected chi connectivity index (χ1v) is 18.3. The summed E-state index contributed by atoms with van der Waals surface area (Å²) >= 11 is 0. The van der Waals surface area contributed by atoms with Crippen molar-refractivity contribution in [3.8, 4) is 0 Å². The van der Waals surface area contributed by atoms with Crippen molar-refractivity contribution in [2.75, 3.05) is 33.0 Å². The minimum atomic E-state index is -4.28. The van der Waals surface area contributed by atoms with Gasteiger partial charge >= 0.3 is 13.8 Å². The molecular weight excluding hydrogens is 577 g/mol. The molecule has 254 valence electrons. The van der Waals surface area contributed by atoms with Crippen LogP contribution in [0.15, 0.2) is 60.8 Å². The largest absolute Gasteiger partial charge is 0.472 e. The average molecular weight is 640 g/mol. The van der Waals surface area contributed by atoms with Gasteiger partial charge in [0, 0.05) is 19.6 Å². The van der Waals surface area contributed by atoms with Gasteiger partial charge in [-0.15, -0.1) is 0 Å². The fourth-order valence-corrected chi connectivity index (χ4v) is 4.79. The van der Waals surface area contributed by atoms with Crippen molar-refractivity contribution < 1.29 is 32.8 Å². The molecular formula is C35H62NO7P. The van der Waals surface area contributed by atoms with E-state index in [1.54, 1.807) is 0 Å². The van der Waals surface area contributed by atoms with Gasteiger partial charge in [-0.25, -0.2) is 4.57 Å². The zero-order chi connectivity index (χ0) is 32.4. The second-order valence-corrected chi connectivity index (χ2v) is 12.1. The third-order valence-electron chi connectivity index (χ3n) is 6.45. The van der Waals surface area contributed by atoms with Crippen LogP contribution in [-0.4, -0.2) is 49.9 Å². The molecule has 0 radical (unpaired) electrons. The molecule has 0 spiro atoms. The summed E-state index contributed by atoms with van der Waals surface area (Å²) in [6.45, 7) is 4.67. The molecule has 0 fully saturated rings. The Morgan fingerprint density at radius 1 is 0.705 bits per heavy atom. The Labute approximate surface area is 268 Å². The number of unbranched alkanes of at least 4 members (excludes halogenated alkanes) is 8. The number of esters is 1. The summed E-state index contributed by atoms with van der Waals surface area (Å²) in [4.78, 5) is 22.2. The maximum absolute atomic E-state index is 12.4. The molecule has 2 atom stereocenters. The maximum Gasteiger partial charge on any atom is 0.472 e. The molecule has 44 heavy (non-hydrogen) atoms. The van der Waals surface area contributed by atoms with E-state index in [4.69, 9.17) is 24.3 Å². The van der Waals surface area contributed by atoms with Gasteiger partial charge in [-0.05, 0) is 51.4 Å². The van der Waals surface area contributed by atoms with Crippen LogP contribution in [0.25, 0.3) is 0 Å². The van der Waals surface area contributed by atoms with Gasteiger partial charge in [0.05, 0.1) is 19.8 Å². The summed E-state index contributed by atoms with van der Waals surface area (Å²) in [6, 6.07) is 0. The van der Waals surface area contributed by atoms with Crippen molar-refractivity contribution in [2.24, 2.45) is 5.73 Å². The standard InChI is InChI=1S/C35H62NO7P/c1-3-5-7-9-11-13-14-15-16-17-18-19-20-21-22-24-26-28-35(37)43-34(33-42-44(38,39)41-31-29-36)32-40-30-27-25-23-12-10-8-6-4-2/h5,7,11,13,15-16,18-19,21-22,34H,3-4,6,8-10,12,14,17,20,23-33,36H2,1-2H3,(H,38,39)/b7-5-,13-11-,16-15-,19-18-,22-21-. The van der Waals surface area contributed by atoms with Crippen LogP contribution in [0, 0.1) is 0 Å². The van der Waals surface area contributed by atoms with Gasteiger partial charge in [0.25, 0.3) is 0 Å². The fourth-order valence-electron chi connectivity index (χ4n) is 4.03. The second kappa shape index (κ2) is 32.6. The lowest BCUT2D eigenvalue weighted by Gasteiger charge is -2.20. The molecule has 0 aliphatic rings. The van der Waals surface area contributed by atoms with Crippen LogP contribution in [0.2, 0.25) is 0 Å². The van der Waals surface area contributed by atoms with Gasteiger partial charge < -0.3 is 20.1 Å². The number of allylic oxidation sites excluding steroid dienone is 10. The molecule has 0 aromatic carbocycles. The van der Waals surface area contributed by atoms with Gasteiger partial charge in [-0.2, -0.15) is 0 Å². The monoisotopic (exact) mass is 639 g/mol. The molecule has 0 amide bonds. The SMILES string of the molecule is CC/C=C\C/C=C\C/C=C\C/C=C\C/C=C\CCCC(=O)OC(COCCCCCCCCCC)COP(=O)(O)OCCN. The highest BCUT2D eigenvalue weighted by Crippen LogP contribution is 2.43. The molecule has 0 heterocycles. The molecule has 0 aromatic heterocycles. The van der Waals surface area contributed by atoms with Crippen LogP contribution in [-0.2, 0) is 27.9 Å². The van der Waals surface area contributed by atoms with Crippen molar-refractivity contribution in [3.63, 3.8) is 0 Å². The highest BCUT2D eigenvalue weighted by atomic mass is 31.2. The third kappa shape index (κ3) is 31.6. The van der Waals surface area contributed by atoms with E-state index in [0.29, 0.717) is 13.0 Å². The third-order valence-corrected chi connectivity index (χ3v) is 7.43. The topological polar surface area (TPSA) is 117 Å². The summed E-state index contributed by atoms with van der Waals surface area (Å²) < 4.78 is 33.0. The lowest BCUT2D eigenvalue weighted by Crippen LogP contribution is -2.28. The van der Waals surface area contributed by atoms with Crippen LogP contribution in [0.3, 0.4) is 0 Å². The molecule has 0 saturated heterocycles. The Morgan fingerprint density at radius 2 is 1.25 bits per heavy atom. The zero-order valence-electron chi connectivity index (χ0n) is 27.6. The maximum atomic E-state index is 12.4. The predicted octanol–water partition coefficient (Wildman–Crippen LogP) is 9.07. The van der Waals surface area contributed by atoms with E-state index >= 15 is 0 Å². The second-order valence-electron chi connectivity index (χ2n) is 10.6. The van der Waals surface area contributed by atoms with Crippen LogP contribution in [0.1, 0.15) is 117 Å². The first-order chi connectivity index (χ1) is 21.4. The summed E-state index contributed by atoms with van der Waals surface area (Å²) in [5.74, 6) is -0.391. The van der Waals surface area contributed by atoms with E-state index < -0.39 is 19.9 Å². The Kier molecular flexibility index (Phi) is 31.3. The van der Waals surface area contributed by atoms with Crippen molar-refractivity contribution >= 4 is 13.8 Å². The Balaban J connectivity index is 4.26. The first-order valence-electron chi connectivity index (χ1n) is 16.8. The molecule has 9 heteroatoms. The summed E-state index contributed by atoms with van der Waals surface area (Å²) in [5.41, 5.74) is 5.32. The quantitative estimate of drug-likeness (QED) is 0.0334. The van der Waals surface area contributed by atoms with Crippen molar-refractivity contribution in [2.45, 2.75) is 123 Å². The number of carbonyl (C=O) groups is 1. The van der Waals surface area contributed by atoms with E-state index in [1.807, 2.05) is 0 Å². The van der Waals surface area contributed by atoms with E-state index in [-0.39, 0.29) is 32.8 Å². The number of ether oxygens (including phenoxy) is 2. The number of nitrogens with two attached hydrogens (primary N) is 1. The summed E-state index contributed by atoms with van der Waals surface area (Å²) in [6.07, 6.45) is 36.7. The van der Waals surface area contributed by atoms with Gasteiger partial charge in [-0.3, -0.25) is 13.8 Å². The minimum absolute atomic E-state index is 0.0892. The van der Waals surface area contributed by atoms with Crippen LogP contribution in [0.5, 0.6) is 0 Å². The lowest BCUT2D eigenvalue weighted by molar-refractivity contribution is -0.154. The molecule has 0 saturated carbocycles. The van der Waals surface area contributed by atoms with Gasteiger partial charge in [-0.1, -0.05) is 120 Å². The van der Waals surface area contributed by atoms with E-state index in [2.05, 4.69) is 74.6 Å². The van der Waals surface area contributed by atoms with Crippen LogP contribution in [0.4, 0.5) is 0 Å². The molecule has 0 bridgehead atoms. The minimum Gasteiger partial charge on any atom is -0.457 e. The molecule has 0 rings (SSSR count). The van der Waals surface area contributed by atoms with E-state index in [0.717, 1.165) is 51.4 Å². The zero-order valence-corrected chi connectivity index (χ0v) is 28.5. The Bertz CT molecular complexity index is 854. The first kappa shape index (κ1) is 42.2. The van der Waals surface area contributed by atoms with Gasteiger partial charge in [0.2, 0.25) is 0 Å². The highest BCUT2D eigenvalue weighted by molar-refractivity contribution is 7.47. The van der Waals surface area contributed by atoms with E-state index in [9.17, 15) is 14.3 Å². The summed E-state index contributed by atoms with van der Waals surface area (Å²) in [5, 5.41) is 0. The molecule has 0 aliphatic carbocycles. The molecule has 3 N–H and O–H groups in total. The van der Waals surface area contributed by atoms with Crippen molar-refractivity contribution in [1.82, 2.24) is 0 Å². The number of rotatable bonds is 31. The molecule has 8 nitrogen and oxygen atoms in total. The Morgan fingerprint density at radius 3 is 1.82 bits per heavy atom. The van der Waals surface area contributed by atoms with Gasteiger partial charge in [0.15, 0.2) is 0 Å². The van der Waals surface area contributed by atoms with E-state index in [1.165, 1.54) is 38.5 Å². The van der Waals surface area contributed by atoms with Crippen molar-refractivity contribution in [3.05, 3.63) is 60.8 Å². The van der Waals surface area contributed by atoms with Crippen LogP contribution >= 0.6 is 7.82 Å². The highest BCUT2D eigenvalue weighted by Gasteiger charge is 2.25. The predicted molar refractivity (Wildman–Crippen MR) is 182 cm³/mol. The molecule has 0 aromatic rings. The number of hydrogen-bond acceptors (Lipinski definition) is 7. The molecule has 2 unspecified atom stereocenters. The number of phosphoric ester groups is 1. The summed E-state index contributed by atoms with van der Waals surface area (Å²) in [7, 11) is -4.28. The van der Waals surface area contributed by atoms with Crippen molar-refractivity contribution in [1.29, 1.82) is 0 Å². The number of carbonyl (C=O) groups excluding carboxylic acids is 1. The Hall–Kier alpha value is -1.80. The molecule has 0 aliphatic heterocycles. The van der Waals surface area contributed by atoms with Gasteiger partial charge in [0.1, 0.15) is 6.10 Å².